The molecular formula is C17H14ClN3OS. The van der Waals surface area contributed by atoms with Gasteiger partial charge in [-0.15, -0.1) is 0 Å². The molecule has 0 spiro atoms. The molecule has 2 aromatic rings. The number of hydrogen-bond acceptors (Lipinski definition) is 4. The van der Waals surface area contributed by atoms with E-state index in [1.807, 2.05) is 18.2 Å². The number of benzene rings is 1. The first-order valence-electron chi connectivity index (χ1n) is 7.20. The van der Waals surface area contributed by atoms with Crippen LogP contribution in [0.25, 0.3) is 11.1 Å². The second-order valence-electron chi connectivity index (χ2n) is 5.42. The average molecular weight is 344 g/mol. The summed E-state index contributed by atoms with van der Waals surface area (Å²) in [6.45, 7) is 0. The normalized spacial score (nSPS) is 13.6. The van der Waals surface area contributed by atoms with Crippen molar-refractivity contribution in [1.82, 2.24) is 4.98 Å². The van der Waals surface area contributed by atoms with E-state index in [1.54, 1.807) is 12.1 Å². The van der Waals surface area contributed by atoms with E-state index in [-0.39, 0.29) is 5.75 Å². The zero-order valence-electron chi connectivity index (χ0n) is 12.3. The van der Waals surface area contributed by atoms with E-state index in [1.165, 1.54) is 11.8 Å². The predicted molar refractivity (Wildman–Crippen MR) is 91.3 cm³/mol. The number of carbonyl (C=O) groups excluding carboxylic acids is 1. The Bertz CT molecular complexity index is 795. The van der Waals surface area contributed by atoms with Gasteiger partial charge in [0.2, 0.25) is 5.91 Å². The van der Waals surface area contributed by atoms with Gasteiger partial charge >= 0.3 is 0 Å². The average Bonchev–Trinajstić information content (AvgIpc) is 3.37. The molecule has 4 nitrogen and oxygen atoms in total. The maximum atomic E-state index is 11.1. The fraction of sp³-hybridized carbons (Fsp3) is 0.235. The lowest BCUT2D eigenvalue weighted by molar-refractivity contribution is -0.115. The molecule has 1 aromatic heterocycles. The van der Waals surface area contributed by atoms with Gasteiger partial charge < -0.3 is 5.73 Å². The Morgan fingerprint density at radius 1 is 1.39 bits per heavy atom. The molecule has 0 unspecified atom stereocenters. The molecule has 1 fully saturated rings. The molecule has 116 valence electrons. The number of rotatable bonds is 5. The van der Waals surface area contributed by atoms with E-state index in [0.717, 1.165) is 29.7 Å². The molecule has 1 saturated carbocycles. The summed E-state index contributed by atoms with van der Waals surface area (Å²) >= 11 is 7.16. The van der Waals surface area contributed by atoms with E-state index < -0.39 is 5.91 Å². The van der Waals surface area contributed by atoms with Gasteiger partial charge in [0, 0.05) is 22.2 Å². The van der Waals surface area contributed by atoms with Crippen LogP contribution in [0.4, 0.5) is 0 Å². The third kappa shape index (κ3) is 3.66. The van der Waals surface area contributed by atoms with Crippen molar-refractivity contribution in [3.63, 3.8) is 0 Å². The van der Waals surface area contributed by atoms with Gasteiger partial charge in [-0.1, -0.05) is 35.5 Å². The lowest BCUT2D eigenvalue weighted by atomic mass is 10.0. The minimum atomic E-state index is -0.425. The van der Waals surface area contributed by atoms with Crippen LogP contribution in [0.15, 0.2) is 35.4 Å². The summed E-state index contributed by atoms with van der Waals surface area (Å²) in [6.07, 6.45) is 2.22. The molecule has 1 aliphatic carbocycles. The van der Waals surface area contributed by atoms with Crippen LogP contribution in [0.2, 0.25) is 5.02 Å². The Labute approximate surface area is 143 Å². The summed E-state index contributed by atoms with van der Waals surface area (Å²) in [5.74, 6) is 0.128. The highest BCUT2D eigenvalue weighted by Gasteiger charge is 2.27. The quantitative estimate of drug-likeness (QED) is 0.839. The molecule has 0 saturated heterocycles. The Hall–Kier alpha value is -2.03. The van der Waals surface area contributed by atoms with Crippen molar-refractivity contribution in [3.8, 4) is 17.2 Å². The second kappa shape index (κ2) is 6.61. The number of pyridine rings is 1. The number of aromatic nitrogens is 1. The number of nitriles is 1. The number of amides is 1. The fourth-order valence-electron chi connectivity index (χ4n) is 2.34. The molecule has 3 rings (SSSR count). The van der Waals surface area contributed by atoms with Gasteiger partial charge in [-0.25, -0.2) is 4.98 Å². The summed E-state index contributed by atoms with van der Waals surface area (Å²) in [5.41, 5.74) is 8.41. The molecule has 2 N–H and O–H groups in total. The summed E-state index contributed by atoms with van der Waals surface area (Å²) in [6, 6.07) is 11.6. The largest absolute Gasteiger partial charge is 0.369 e. The highest BCUT2D eigenvalue weighted by molar-refractivity contribution is 8.00. The van der Waals surface area contributed by atoms with Crippen molar-refractivity contribution >= 4 is 29.3 Å². The summed E-state index contributed by atoms with van der Waals surface area (Å²) < 4.78 is 0. The van der Waals surface area contributed by atoms with Gasteiger partial charge in [0.25, 0.3) is 0 Å². The van der Waals surface area contributed by atoms with Crippen LogP contribution in [0.1, 0.15) is 30.0 Å². The van der Waals surface area contributed by atoms with E-state index >= 15 is 0 Å². The van der Waals surface area contributed by atoms with Crippen molar-refractivity contribution in [3.05, 3.63) is 46.6 Å². The van der Waals surface area contributed by atoms with Gasteiger partial charge in [-0.3, -0.25) is 4.79 Å². The van der Waals surface area contributed by atoms with Gasteiger partial charge in [0.1, 0.15) is 11.1 Å². The van der Waals surface area contributed by atoms with E-state index in [4.69, 9.17) is 17.3 Å². The van der Waals surface area contributed by atoms with Gasteiger partial charge in [0.15, 0.2) is 0 Å². The molecule has 1 aromatic carbocycles. The van der Waals surface area contributed by atoms with Crippen molar-refractivity contribution in [2.45, 2.75) is 23.8 Å². The number of primary amides is 1. The summed E-state index contributed by atoms with van der Waals surface area (Å²) in [4.78, 5) is 15.7. The highest BCUT2D eigenvalue weighted by atomic mass is 35.5. The van der Waals surface area contributed by atoms with Crippen LogP contribution in [-0.4, -0.2) is 16.6 Å². The molecule has 6 heteroatoms. The number of carbonyl (C=O) groups is 1. The lowest BCUT2D eigenvalue weighted by Crippen LogP contribution is -2.13. The topological polar surface area (TPSA) is 79.8 Å². The zero-order valence-corrected chi connectivity index (χ0v) is 13.8. The Morgan fingerprint density at radius 3 is 2.65 bits per heavy atom. The van der Waals surface area contributed by atoms with Crippen molar-refractivity contribution in [2.75, 3.05) is 5.75 Å². The van der Waals surface area contributed by atoms with Crippen LogP contribution in [0.3, 0.4) is 0 Å². The smallest absolute Gasteiger partial charge is 0.227 e. The Morgan fingerprint density at radius 2 is 2.09 bits per heavy atom. The number of halogens is 1. The van der Waals surface area contributed by atoms with Gasteiger partial charge in [0.05, 0.1) is 11.3 Å². The molecule has 0 aliphatic heterocycles. The first-order chi connectivity index (χ1) is 11.1. The monoisotopic (exact) mass is 343 g/mol. The molecule has 23 heavy (non-hydrogen) atoms. The zero-order chi connectivity index (χ0) is 16.4. The van der Waals surface area contributed by atoms with Crippen LogP contribution in [0, 0.1) is 11.3 Å². The lowest BCUT2D eigenvalue weighted by Gasteiger charge is -2.11. The third-order valence-electron chi connectivity index (χ3n) is 3.62. The molecule has 1 heterocycles. The summed E-state index contributed by atoms with van der Waals surface area (Å²) in [5, 5.41) is 10.8. The first kappa shape index (κ1) is 15.9. The molecule has 0 radical (unpaired) electrons. The van der Waals surface area contributed by atoms with E-state index in [0.29, 0.717) is 21.5 Å². The van der Waals surface area contributed by atoms with Crippen molar-refractivity contribution < 1.29 is 4.79 Å². The van der Waals surface area contributed by atoms with Crippen LogP contribution in [0.5, 0.6) is 0 Å². The third-order valence-corrected chi connectivity index (χ3v) is 4.87. The van der Waals surface area contributed by atoms with Crippen LogP contribution >= 0.6 is 23.4 Å². The number of thioether (sulfide) groups is 1. The number of nitrogens with two attached hydrogens (primary N) is 1. The van der Waals surface area contributed by atoms with Crippen LogP contribution < -0.4 is 5.73 Å². The van der Waals surface area contributed by atoms with Crippen molar-refractivity contribution in [2.24, 2.45) is 5.73 Å². The number of nitrogens with zero attached hydrogens (tertiary/aromatic N) is 2. The fourth-order valence-corrected chi connectivity index (χ4v) is 3.21. The van der Waals surface area contributed by atoms with Crippen LogP contribution in [-0.2, 0) is 4.79 Å². The SMILES string of the molecule is N#Cc1c(-c2ccc(Cl)cc2)cc(C2CC2)nc1SCC(N)=O. The molecular weight excluding hydrogens is 330 g/mol. The minimum Gasteiger partial charge on any atom is -0.369 e. The standard InChI is InChI=1S/C17H14ClN3OS/c18-12-5-3-10(4-6-12)13-7-15(11-1-2-11)21-17(14(13)8-19)23-9-16(20)22/h3-7,11H,1-2,9H2,(H2,20,22). The minimum absolute atomic E-state index is 0.107. The van der Waals surface area contributed by atoms with Gasteiger partial charge in [-0.05, 0) is 36.6 Å². The molecule has 0 bridgehead atoms. The molecule has 0 atom stereocenters. The Kier molecular flexibility index (Phi) is 4.56. The Balaban J connectivity index is 2.10. The molecule has 1 aliphatic rings. The van der Waals surface area contributed by atoms with Gasteiger partial charge in [-0.2, -0.15) is 5.26 Å². The highest BCUT2D eigenvalue weighted by Crippen LogP contribution is 2.42. The molecule has 1 amide bonds. The summed E-state index contributed by atoms with van der Waals surface area (Å²) in [7, 11) is 0. The predicted octanol–water partition coefficient (Wildman–Crippen LogP) is 3.73. The maximum absolute atomic E-state index is 11.1. The first-order valence-corrected chi connectivity index (χ1v) is 8.57. The second-order valence-corrected chi connectivity index (χ2v) is 6.82. The maximum Gasteiger partial charge on any atom is 0.227 e. The van der Waals surface area contributed by atoms with Crippen molar-refractivity contribution in [1.29, 1.82) is 5.26 Å². The van der Waals surface area contributed by atoms with E-state index in [2.05, 4.69) is 11.1 Å². The van der Waals surface area contributed by atoms with E-state index in [9.17, 15) is 10.1 Å². The number of hydrogen-bond donors (Lipinski definition) is 1.